The number of hydrogen-bond acceptors (Lipinski definition) is 7. The minimum absolute atomic E-state index is 0.0283. The average molecular weight is 867 g/mol. The summed E-state index contributed by atoms with van der Waals surface area (Å²) in [5.41, 5.74) is 0. The maximum absolute atomic E-state index is 12.7. The molecule has 10 heteroatoms. The van der Waals surface area contributed by atoms with E-state index in [0.717, 1.165) is 83.5 Å². The van der Waals surface area contributed by atoms with E-state index in [2.05, 4.69) is 62.5 Å². The smallest absolute Gasteiger partial charge is 0.462 e. The molecule has 0 rings (SSSR count). The SMILES string of the molecule is CC/C=C\C/C=C\C/C=C\C/C=C\CCCCCCCCC(=O)OC(COC(=O)CCCCCCCCCCCCCCCCCCC)COP(=O)(O)OCC[N+](C)(C)C. The zero-order valence-corrected chi connectivity index (χ0v) is 40.3. The number of unbranched alkanes of at least 4 members (excludes halogenated alkanes) is 22. The average Bonchev–Trinajstić information content (AvgIpc) is 3.20. The highest BCUT2D eigenvalue weighted by Crippen LogP contribution is 2.43. The zero-order valence-electron chi connectivity index (χ0n) is 39.4. The van der Waals surface area contributed by atoms with Crippen LogP contribution in [0.3, 0.4) is 0 Å². The van der Waals surface area contributed by atoms with Crippen LogP contribution >= 0.6 is 7.82 Å². The van der Waals surface area contributed by atoms with Gasteiger partial charge >= 0.3 is 19.8 Å². The molecule has 0 aromatic heterocycles. The summed E-state index contributed by atoms with van der Waals surface area (Å²) in [4.78, 5) is 35.5. The Bertz CT molecular complexity index is 1160. The highest BCUT2D eigenvalue weighted by molar-refractivity contribution is 7.47. The number of allylic oxidation sites excluding steroid dienone is 8. The molecule has 0 aliphatic rings. The lowest BCUT2D eigenvalue weighted by Crippen LogP contribution is -2.37. The Kier molecular flexibility index (Phi) is 40.8. The molecule has 0 heterocycles. The van der Waals surface area contributed by atoms with E-state index in [0.29, 0.717) is 17.4 Å². The number of quaternary nitrogens is 1. The molecule has 0 aliphatic heterocycles. The van der Waals surface area contributed by atoms with Crippen molar-refractivity contribution in [1.82, 2.24) is 0 Å². The van der Waals surface area contributed by atoms with Crippen LogP contribution in [0.15, 0.2) is 48.6 Å². The molecule has 0 fully saturated rings. The van der Waals surface area contributed by atoms with E-state index in [1.807, 2.05) is 21.1 Å². The first-order valence-corrected chi connectivity index (χ1v) is 25.9. The number of likely N-dealkylation sites (N-methyl/N-ethyl adjacent to an activating group) is 1. The molecule has 2 unspecified atom stereocenters. The van der Waals surface area contributed by atoms with Crippen molar-refractivity contribution in [1.29, 1.82) is 0 Å². The summed E-state index contributed by atoms with van der Waals surface area (Å²) in [5.74, 6) is -0.809. The Morgan fingerprint density at radius 1 is 0.533 bits per heavy atom. The van der Waals surface area contributed by atoms with Gasteiger partial charge in [-0.3, -0.25) is 18.6 Å². The fourth-order valence-electron chi connectivity index (χ4n) is 6.59. The molecule has 0 amide bonds. The Balaban J connectivity index is 4.31. The van der Waals surface area contributed by atoms with Crippen molar-refractivity contribution in [2.45, 2.75) is 213 Å². The van der Waals surface area contributed by atoms with E-state index in [4.69, 9.17) is 18.5 Å². The number of nitrogens with zero attached hydrogens (tertiary/aromatic N) is 1. The summed E-state index contributed by atoms with van der Waals surface area (Å²) < 4.78 is 34.4. The summed E-state index contributed by atoms with van der Waals surface area (Å²) in [6.07, 6.45) is 50.1. The first-order valence-electron chi connectivity index (χ1n) is 24.4. The standard InChI is InChI=1S/C50H92NO8P/c1-6-8-10-12-14-16-18-20-22-24-25-27-29-31-33-35-37-39-41-43-50(53)59-48(47-58-60(54,55)57-45-44-51(3,4)5)46-56-49(52)42-40-38-36-34-32-30-28-26-23-21-19-17-15-13-11-9-7-2/h8,10,14,16,20,22,25,27,48H,6-7,9,11-13,15,17-19,21,23-24,26,28-47H2,1-5H3/p+1/b10-8-,16-14-,22-20-,27-25-. The van der Waals surface area contributed by atoms with Crippen LogP contribution in [-0.2, 0) is 32.7 Å². The van der Waals surface area contributed by atoms with Gasteiger partial charge in [0.25, 0.3) is 0 Å². The number of hydrogen-bond donors (Lipinski definition) is 1. The predicted molar refractivity (Wildman–Crippen MR) is 252 cm³/mol. The van der Waals surface area contributed by atoms with Gasteiger partial charge in [0.05, 0.1) is 27.7 Å². The van der Waals surface area contributed by atoms with Gasteiger partial charge in [-0.05, 0) is 51.4 Å². The maximum atomic E-state index is 12.7. The normalized spacial score (nSPS) is 13.9. The van der Waals surface area contributed by atoms with Gasteiger partial charge in [0.15, 0.2) is 6.10 Å². The molecule has 0 aliphatic carbocycles. The lowest BCUT2D eigenvalue weighted by Gasteiger charge is -2.24. The molecule has 0 spiro atoms. The molecule has 0 saturated heterocycles. The number of carbonyl (C=O) groups excluding carboxylic acids is 2. The second kappa shape index (κ2) is 42.3. The molecular weight excluding hydrogens is 774 g/mol. The monoisotopic (exact) mass is 867 g/mol. The van der Waals surface area contributed by atoms with E-state index < -0.39 is 26.5 Å². The van der Waals surface area contributed by atoms with Gasteiger partial charge in [0.2, 0.25) is 0 Å². The second-order valence-corrected chi connectivity index (χ2v) is 18.9. The summed E-state index contributed by atoms with van der Waals surface area (Å²) in [6.45, 7) is 4.31. The number of phosphoric acid groups is 1. The third-order valence-electron chi connectivity index (χ3n) is 10.4. The third kappa shape index (κ3) is 45.5. The van der Waals surface area contributed by atoms with Gasteiger partial charge in [-0.2, -0.15) is 0 Å². The van der Waals surface area contributed by atoms with Gasteiger partial charge in [-0.15, -0.1) is 0 Å². The predicted octanol–water partition coefficient (Wildman–Crippen LogP) is 14.2. The maximum Gasteiger partial charge on any atom is 0.472 e. The lowest BCUT2D eigenvalue weighted by molar-refractivity contribution is -0.870. The molecular formula is C50H93NO8P+. The Morgan fingerprint density at radius 3 is 1.42 bits per heavy atom. The van der Waals surface area contributed by atoms with Gasteiger partial charge in [0, 0.05) is 12.8 Å². The van der Waals surface area contributed by atoms with Gasteiger partial charge < -0.3 is 18.9 Å². The molecule has 1 N–H and O–H groups in total. The number of ether oxygens (including phenoxy) is 2. The van der Waals surface area contributed by atoms with Crippen LogP contribution in [0.4, 0.5) is 0 Å². The fourth-order valence-corrected chi connectivity index (χ4v) is 7.34. The van der Waals surface area contributed by atoms with E-state index in [9.17, 15) is 19.0 Å². The van der Waals surface area contributed by atoms with Crippen molar-refractivity contribution in [2.75, 3.05) is 47.5 Å². The first-order chi connectivity index (χ1) is 29.0. The number of rotatable bonds is 44. The molecule has 0 radical (unpaired) electrons. The lowest BCUT2D eigenvalue weighted by atomic mass is 10.0. The highest BCUT2D eigenvalue weighted by Gasteiger charge is 2.27. The quantitative estimate of drug-likeness (QED) is 0.0212. The van der Waals surface area contributed by atoms with Crippen LogP contribution in [0.2, 0.25) is 0 Å². The third-order valence-corrected chi connectivity index (χ3v) is 11.4. The van der Waals surface area contributed by atoms with E-state index >= 15 is 0 Å². The van der Waals surface area contributed by atoms with Crippen molar-refractivity contribution in [3.8, 4) is 0 Å². The van der Waals surface area contributed by atoms with Crippen LogP contribution in [-0.4, -0.2) is 74.9 Å². The molecule has 0 aromatic rings. The topological polar surface area (TPSA) is 108 Å². The van der Waals surface area contributed by atoms with Crippen molar-refractivity contribution >= 4 is 19.8 Å². The molecule has 60 heavy (non-hydrogen) atoms. The largest absolute Gasteiger partial charge is 0.472 e. The van der Waals surface area contributed by atoms with Gasteiger partial charge in [-0.1, -0.05) is 191 Å². The van der Waals surface area contributed by atoms with E-state index in [1.54, 1.807) is 0 Å². The van der Waals surface area contributed by atoms with Crippen molar-refractivity contribution in [2.24, 2.45) is 0 Å². The Hall–Kier alpha value is -2.03. The van der Waals surface area contributed by atoms with Gasteiger partial charge in [0.1, 0.15) is 19.8 Å². The van der Waals surface area contributed by atoms with Crippen molar-refractivity contribution in [3.63, 3.8) is 0 Å². The zero-order chi connectivity index (χ0) is 44.3. The molecule has 0 bridgehead atoms. The first kappa shape index (κ1) is 58.0. The summed E-state index contributed by atoms with van der Waals surface area (Å²) in [6, 6.07) is 0. The number of carbonyl (C=O) groups is 2. The molecule has 0 saturated carbocycles. The van der Waals surface area contributed by atoms with Crippen LogP contribution in [0, 0.1) is 0 Å². The molecule has 2 atom stereocenters. The minimum Gasteiger partial charge on any atom is -0.462 e. The summed E-state index contributed by atoms with van der Waals surface area (Å²) in [5, 5.41) is 0. The number of phosphoric ester groups is 1. The van der Waals surface area contributed by atoms with Crippen molar-refractivity contribution in [3.05, 3.63) is 48.6 Å². The summed E-state index contributed by atoms with van der Waals surface area (Å²) in [7, 11) is 1.47. The van der Waals surface area contributed by atoms with Crippen LogP contribution in [0.5, 0.6) is 0 Å². The van der Waals surface area contributed by atoms with Crippen LogP contribution in [0.25, 0.3) is 0 Å². The van der Waals surface area contributed by atoms with Crippen LogP contribution in [0.1, 0.15) is 206 Å². The van der Waals surface area contributed by atoms with Crippen LogP contribution < -0.4 is 0 Å². The highest BCUT2D eigenvalue weighted by atomic mass is 31.2. The second-order valence-electron chi connectivity index (χ2n) is 17.5. The van der Waals surface area contributed by atoms with E-state index in [1.165, 1.54) is 89.9 Å². The fraction of sp³-hybridized carbons (Fsp3) is 0.800. The minimum atomic E-state index is -4.38. The Labute approximate surface area is 369 Å². The van der Waals surface area contributed by atoms with Gasteiger partial charge in [-0.25, -0.2) is 4.57 Å². The summed E-state index contributed by atoms with van der Waals surface area (Å²) >= 11 is 0. The number of esters is 2. The van der Waals surface area contributed by atoms with Crippen molar-refractivity contribution < 1.29 is 42.1 Å². The Morgan fingerprint density at radius 2 is 0.950 bits per heavy atom. The molecule has 350 valence electrons. The molecule has 0 aromatic carbocycles. The van der Waals surface area contributed by atoms with E-state index in [-0.39, 0.29) is 32.0 Å². The molecule has 9 nitrogen and oxygen atoms in total.